The van der Waals surface area contributed by atoms with Gasteiger partial charge in [-0.1, -0.05) is 30.3 Å². The molecule has 30 heavy (non-hydrogen) atoms. The number of anilines is 1. The first-order chi connectivity index (χ1) is 14.5. The van der Waals surface area contributed by atoms with E-state index in [-0.39, 0.29) is 11.6 Å². The van der Waals surface area contributed by atoms with Gasteiger partial charge in [0.15, 0.2) is 11.6 Å². The smallest absolute Gasteiger partial charge is 0.237 e. The van der Waals surface area contributed by atoms with E-state index >= 15 is 0 Å². The third-order valence-electron chi connectivity index (χ3n) is 4.43. The number of rotatable bonds is 6. The zero-order valence-electron chi connectivity index (χ0n) is 16.8. The summed E-state index contributed by atoms with van der Waals surface area (Å²) in [4.78, 5) is 10.00. The molecule has 0 spiro atoms. The topological polar surface area (TPSA) is 64.9 Å². The van der Waals surface area contributed by atoms with Crippen LogP contribution in [0.15, 0.2) is 65.8 Å². The molecule has 4 rings (SSSR count). The summed E-state index contributed by atoms with van der Waals surface area (Å²) in [6.45, 7) is 4.05. The molecule has 0 aliphatic carbocycles. The Morgan fingerprint density at radius 2 is 1.80 bits per heavy atom. The van der Waals surface area contributed by atoms with Crippen LogP contribution in [0.1, 0.15) is 11.1 Å². The van der Waals surface area contributed by atoms with Crippen LogP contribution >= 0.6 is 11.9 Å². The first kappa shape index (κ1) is 19.9. The Morgan fingerprint density at radius 3 is 2.50 bits per heavy atom. The van der Waals surface area contributed by atoms with Crippen molar-refractivity contribution in [1.82, 2.24) is 19.7 Å². The molecule has 0 aliphatic rings. The number of aromatic nitrogens is 4. The minimum atomic E-state index is -0.455. The van der Waals surface area contributed by atoms with Gasteiger partial charge in [0.05, 0.1) is 16.8 Å². The number of nitrogens with one attached hydrogen (secondary N) is 1. The predicted octanol–water partition coefficient (Wildman–Crippen LogP) is 5.54. The number of para-hydroxylation sites is 1. The van der Waals surface area contributed by atoms with Gasteiger partial charge in [-0.05, 0) is 49.1 Å². The number of nitrogens with zero attached hydrogens (tertiary/aromatic N) is 4. The van der Waals surface area contributed by atoms with Crippen LogP contribution in [0.4, 0.5) is 10.3 Å². The van der Waals surface area contributed by atoms with Gasteiger partial charge in [0.25, 0.3) is 0 Å². The number of hydrogen-bond donors (Lipinski definition) is 1. The highest BCUT2D eigenvalue weighted by molar-refractivity contribution is 8.00. The summed E-state index contributed by atoms with van der Waals surface area (Å²) in [6.07, 6.45) is 3.62. The number of benzene rings is 2. The van der Waals surface area contributed by atoms with Crippen molar-refractivity contribution in [2.24, 2.45) is 7.05 Å². The van der Waals surface area contributed by atoms with Crippen molar-refractivity contribution in [3.8, 4) is 22.9 Å². The Labute approximate surface area is 178 Å². The number of halogens is 1. The number of ether oxygens (including phenoxy) is 1. The average Bonchev–Trinajstić information content (AvgIpc) is 3.13. The lowest BCUT2D eigenvalue weighted by Gasteiger charge is -2.13. The van der Waals surface area contributed by atoms with Gasteiger partial charge < -0.3 is 4.74 Å². The van der Waals surface area contributed by atoms with Crippen molar-refractivity contribution in [1.29, 1.82) is 0 Å². The zero-order chi connectivity index (χ0) is 21.1. The van der Waals surface area contributed by atoms with Gasteiger partial charge in [0.2, 0.25) is 11.8 Å². The summed E-state index contributed by atoms with van der Waals surface area (Å²) < 4.78 is 24.7. The highest BCUT2D eigenvalue weighted by atomic mass is 32.2. The molecule has 2 aromatic heterocycles. The third-order valence-corrected chi connectivity index (χ3v) is 5.16. The molecule has 0 bridgehead atoms. The van der Waals surface area contributed by atoms with Crippen molar-refractivity contribution in [2.75, 3.05) is 4.72 Å². The molecule has 0 radical (unpaired) electrons. The molecule has 8 heteroatoms. The van der Waals surface area contributed by atoms with E-state index in [0.717, 1.165) is 21.6 Å². The van der Waals surface area contributed by atoms with E-state index in [0.29, 0.717) is 11.6 Å². The van der Waals surface area contributed by atoms with E-state index in [1.54, 1.807) is 35.1 Å². The van der Waals surface area contributed by atoms with Crippen molar-refractivity contribution >= 4 is 17.9 Å². The van der Waals surface area contributed by atoms with Gasteiger partial charge in [0, 0.05) is 24.9 Å². The lowest BCUT2D eigenvalue weighted by atomic mass is 10.00. The van der Waals surface area contributed by atoms with Gasteiger partial charge in [-0.3, -0.25) is 9.40 Å². The Morgan fingerprint density at radius 1 is 1.03 bits per heavy atom. The number of hydrogen-bond acceptors (Lipinski definition) is 6. The highest BCUT2D eigenvalue weighted by Gasteiger charge is 2.14. The lowest BCUT2D eigenvalue weighted by molar-refractivity contribution is 0.427. The summed E-state index contributed by atoms with van der Waals surface area (Å²) in [5.74, 6) is 0.260. The Balaban J connectivity index is 1.72. The van der Waals surface area contributed by atoms with Crippen LogP contribution in [0.2, 0.25) is 0 Å². The molecule has 0 saturated carbocycles. The SMILES string of the molecule is Cc1cccc(C)c1-c1cc(Oc2ccccc2F)nc(NSc2cnn(C)c2)n1. The maximum Gasteiger partial charge on any atom is 0.237 e. The van der Waals surface area contributed by atoms with Gasteiger partial charge >= 0.3 is 0 Å². The highest BCUT2D eigenvalue weighted by Crippen LogP contribution is 2.32. The fourth-order valence-corrected chi connectivity index (χ4v) is 3.67. The molecule has 0 fully saturated rings. The standard InChI is InChI=1S/C22H20FN5OS/c1-14-7-6-8-15(2)21(14)18-11-20(29-19-10-5-4-9-17(19)23)26-22(25-18)27-30-16-12-24-28(3)13-16/h4-13H,1-3H3,(H,25,26,27). The molecule has 0 aliphatic heterocycles. The van der Waals surface area contributed by atoms with Crippen LogP contribution in [-0.4, -0.2) is 19.7 Å². The van der Waals surface area contributed by atoms with Crippen LogP contribution in [0, 0.1) is 19.7 Å². The summed E-state index contributed by atoms with van der Waals surface area (Å²) in [5.41, 5.74) is 3.85. The molecule has 0 saturated heterocycles. The predicted molar refractivity (Wildman–Crippen MR) is 116 cm³/mol. The van der Waals surface area contributed by atoms with Crippen LogP contribution in [0.25, 0.3) is 11.3 Å². The van der Waals surface area contributed by atoms with Gasteiger partial charge in [0.1, 0.15) is 0 Å². The second-order valence-corrected chi connectivity index (χ2v) is 7.65. The van der Waals surface area contributed by atoms with Crippen LogP contribution < -0.4 is 9.46 Å². The van der Waals surface area contributed by atoms with Gasteiger partial charge in [-0.15, -0.1) is 0 Å². The van der Waals surface area contributed by atoms with E-state index in [4.69, 9.17) is 4.74 Å². The molecule has 0 unspecified atom stereocenters. The maximum atomic E-state index is 14.1. The molecule has 6 nitrogen and oxygen atoms in total. The zero-order valence-corrected chi connectivity index (χ0v) is 17.6. The molecule has 1 N–H and O–H groups in total. The van der Waals surface area contributed by atoms with E-state index in [1.807, 2.05) is 45.3 Å². The van der Waals surface area contributed by atoms with Crippen LogP contribution in [-0.2, 0) is 7.05 Å². The lowest BCUT2D eigenvalue weighted by Crippen LogP contribution is -2.01. The number of aryl methyl sites for hydroxylation is 3. The van der Waals surface area contributed by atoms with E-state index in [9.17, 15) is 4.39 Å². The monoisotopic (exact) mass is 421 g/mol. The van der Waals surface area contributed by atoms with Crippen LogP contribution in [0.5, 0.6) is 11.6 Å². The molecule has 2 heterocycles. The van der Waals surface area contributed by atoms with Crippen molar-refractivity contribution in [3.05, 3.63) is 77.9 Å². The average molecular weight is 422 g/mol. The normalized spacial score (nSPS) is 10.8. The third kappa shape index (κ3) is 4.44. The minimum absolute atomic E-state index is 0.106. The quantitative estimate of drug-likeness (QED) is 0.412. The molecule has 2 aromatic carbocycles. The molecule has 0 atom stereocenters. The molecular weight excluding hydrogens is 401 g/mol. The maximum absolute atomic E-state index is 14.1. The summed E-state index contributed by atoms with van der Waals surface area (Å²) >= 11 is 1.34. The first-order valence-corrected chi connectivity index (χ1v) is 10.1. The van der Waals surface area contributed by atoms with Gasteiger partial charge in [-0.2, -0.15) is 10.1 Å². The Hall–Kier alpha value is -3.39. The van der Waals surface area contributed by atoms with Crippen molar-refractivity contribution in [2.45, 2.75) is 18.7 Å². The molecule has 152 valence electrons. The summed E-state index contributed by atoms with van der Waals surface area (Å²) in [5, 5.41) is 4.15. The summed E-state index contributed by atoms with van der Waals surface area (Å²) in [6, 6.07) is 14.0. The second kappa shape index (κ2) is 8.54. The fourth-order valence-electron chi connectivity index (χ4n) is 3.07. The fraction of sp³-hybridized carbons (Fsp3) is 0.136. The summed E-state index contributed by atoms with van der Waals surface area (Å²) in [7, 11) is 1.85. The first-order valence-electron chi connectivity index (χ1n) is 9.29. The van der Waals surface area contributed by atoms with E-state index < -0.39 is 5.82 Å². The minimum Gasteiger partial charge on any atom is -0.436 e. The largest absolute Gasteiger partial charge is 0.436 e. The Bertz CT molecular complexity index is 1170. The molecule has 0 amide bonds. The second-order valence-electron chi connectivity index (χ2n) is 6.77. The van der Waals surface area contributed by atoms with Crippen LogP contribution in [0.3, 0.4) is 0 Å². The van der Waals surface area contributed by atoms with E-state index in [2.05, 4.69) is 19.8 Å². The van der Waals surface area contributed by atoms with Crippen molar-refractivity contribution < 1.29 is 9.13 Å². The van der Waals surface area contributed by atoms with E-state index in [1.165, 1.54) is 18.0 Å². The molecular formula is C22H20FN5OS. The van der Waals surface area contributed by atoms with Crippen molar-refractivity contribution in [3.63, 3.8) is 0 Å². The van der Waals surface area contributed by atoms with Gasteiger partial charge in [-0.25, -0.2) is 9.37 Å². The molecule has 4 aromatic rings. The Kier molecular flexibility index (Phi) is 5.67.